The molecule has 1 aromatic carbocycles. The second kappa shape index (κ2) is 6.98. The second-order valence-corrected chi connectivity index (χ2v) is 6.06. The Labute approximate surface area is 123 Å². The summed E-state index contributed by atoms with van der Waals surface area (Å²) in [6.07, 6.45) is 2.71. The lowest BCUT2D eigenvalue weighted by atomic mass is 10.0. The summed E-state index contributed by atoms with van der Waals surface area (Å²) < 4.78 is 5.71. The Balaban J connectivity index is 2.04. The van der Waals surface area contributed by atoms with Crippen molar-refractivity contribution in [2.45, 2.75) is 58.7 Å². The van der Waals surface area contributed by atoms with Crippen molar-refractivity contribution < 1.29 is 4.74 Å². The molecule has 3 nitrogen and oxygen atoms in total. The van der Waals surface area contributed by atoms with E-state index in [4.69, 9.17) is 4.74 Å². The minimum Gasteiger partial charge on any atom is -0.491 e. The largest absolute Gasteiger partial charge is 0.491 e. The van der Waals surface area contributed by atoms with Gasteiger partial charge in [0, 0.05) is 30.9 Å². The van der Waals surface area contributed by atoms with Crippen LogP contribution in [0.5, 0.6) is 5.75 Å². The first-order valence-electron chi connectivity index (χ1n) is 7.87. The van der Waals surface area contributed by atoms with Crippen LogP contribution in [-0.2, 0) is 0 Å². The standard InChI is InChI=1S/C17H28N2O/c1-5-6-15-12-19(14(4)11-18-15)16-7-9-17(10-8-16)20-13(2)3/h7-10,13-15,18H,5-6,11-12H2,1-4H3. The lowest BCUT2D eigenvalue weighted by Gasteiger charge is -2.40. The Morgan fingerprint density at radius 1 is 1.30 bits per heavy atom. The molecule has 2 unspecified atom stereocenters. The molecular formula is C17H28N2O. The monoisotopic (exact) mass is 276 g/mol. The van der Waals surface area contributed by atoms with E-state index in [1.54, 1.807) is 0 Å². The Morgan fingerprint density at radius 3 is 2.60 bits per heavy atom. The van der Waals surface area contributed by atoms with Gasteiger partial charge in [0.25, 0.3) is 0 Å². The van der Waals surface area contributed by atoms with Gasteiger partial charge in [-0.15, -0.1) is 0 Å². The highest BCUT2D eigenvalue weighted by Gasteiger charge is 2.24. The molecular weight excluding hydrogens is 248 g/mol. The van der Waals surface area contributed by atoms with Gasteiger partial charge in [0.15, 0.2) is 0 Å². The number of rotatable bonds is 5. The Morgan fingerprint density at radius 2 is 2.00 bits per heavy atom. The van der Waals surface area contributed by atoms with Crippen molar-refractivity contribution in [1.82, 2.24) is 5.32 Å². The highest BCUT2D eigenvalue weighted by molar-refractivity contribution is 5.50. The molecule has 0 bridgehead atoms. The Hall–Kier alpha value is -1.22. The van der Waals surface area contributed by atoms with Gasteiger partial charge >= 0.3 is 0 Å². The Kier molecular flexibility index (Phi) is 5.30. The summed E-state index contributed by atoms with van der Waals surface area (Å²) in [5.74, 6) is 0.955. The van der Waals surface area contributed by atoms with E-state index in [9.17, 15) is 0 Å². The molecule has 1 heterocycles. The molecule has 0 spiro atoms. The Bertz CT molecular complexity index is 402. The molecule has 1 fully saturated rings. The number of hydrogen-bond acceptors (Lipinski definition) is 3. The highest BCUT2D eigenvalue weighted by Crippen LogP contribution is 2.24. The van der Waals surface area contributed by atoms with Crippen molar-refractivity contribution in [2.75, 3.05) is 18.0 Å². The van der Waals surface area contributed by atoms with Crippen LogP contribution in [0.3, 0.4) is 0 Å². The maximum Gasteiger partial charge on any atom is 0.119 e. The van der Waals surface area contributed by atoms with Crippen LogP contribution >= 0.6 is 0 Å². The number of hydrogen-bond donors (Lipinski definition) is 1. The smallest absolute Gasteiger partial charge is 0.119 e. The third-order valence-electron chi connectivity index (χ3n) is 3.83. The van der Waals surface area contributed by atoms with E-state index in [2.05, 4.69) is 62.2 Å². The van der Waals surface area contributed by atoms with Crippen LogP contribution in [-0.4, -0.2) is 31.3 Å². The first-order chi connectivity index (χ1) is 9.60. The maximum absolute atomic E-state index is 5.71. The normalized spacial score (nSPS) is 23.1. The molecule has 1 aromatic rings. The molecule has 1 aliphatic heterocycles. The average Bonchev–Trinajstić information content (AvgIpc) is 2.42. The van der Waals surface area contributed by atoms with Crippen molar-refractivity contribution in [3.05, 3.63) is 24.3 Å². The maximum atomic E-state index is 5.71. The molecule has 0 saturated carbocycles. The lowest BCUT2D eigenvalue weighted by molar-refractivity contribution is 0.242. The van der Waals surface area contributed by atoms with Crippen molar-refractivity contribution in [3.8, 4) is 5.75 Å². The zero-order chi connectivity index (χ0) is 14.5. The van der Waals surface area contributed by atoms with E-state index in [-0.39, 0.29) is 6.10 Å². The SMILES string of the molecule is CCCC1CN(c2ccc(OC(C)C)cc2)C(C)CN1. The molecule has 0 amide bonds. The number of piperazine rings is 1. The van der Waals surface area contributed by atoms with Gasteiger partial charge in [-0.3, -0.25) is 0 Å². The zero-order valence-electron chi connectivity index (χ0n) is 13.2. The van der Waals surface area contributed by atoms with Gasteiger partial charge in [0.1, 0.15) is 5.75 Å². The molecule has 0 aromatic heterocycles. The van der Waals surface area contributed by atoms with Gasteiger partial charge in [-0.2, -0.15) is 0 Å². The number of anilines is 1. The van der Waals surface area contributed by atoms with Crippen LogP contribution in [0, 0.1) is 0 Å². The van der Waals surface area contributed by atoms with E-state index in [1.807, 2.05) is 0 Å². The highest BCUT2D eigenvalue weighted by atomic mass is 16.5. The summed E-state index contributed by atoms with van der Waals surface area (Å²) in [6, 6.07) is 9.69. The molecule has 20 heavy (non-hydrogen) atoms. The molecule has 1 saturated heterocycles. The molecule has 3 heteroatoms. The summed E-state index contributed by atoms with van der Waals surface area (Å²) in [4.78, 5) is 2.51. The van der Waals surface area contributed by atoms with Gasteiger partial charge in [-0.25, -0.2) is 0 Å². The summed E-state index contributed by atoms with van der Waals surface area (Å²) in [5.41, 5.74) is 1.30. The van der Waals surface area contributed by atoms with E-state index in [0.29, 0.717) is 12.1 Å². The molecule has 0 aliphatic carbocycles. The van der Waals surface area contributed by atoms with Gasteiger partial charge in [-0.1, -0.05) is 13.3 Å². The minimum absolute atomic E-state index is 0.230. The van der Waals surface area contributed by atoms with Gasteiger partial charge in [-0.05, 0) is 51.5 Å². The van der Waals surface area contributed by atoms with E-state index in [1.165, 1.54) is 18.5 Å². The molecule has 1 N–H and O–H groups in total. The van der Waals surface area contributed by atoms with Crippen LogP contribution in [0.1, 0.15) is 40.5 Å². The van der Waals surface area contributed by atoms with Crippen LogP contribution < -0.4 is 15.0 Å². The van der Waals surface area contributed by atoms with E-state index >= 15 is 0 Å². The first kappa shape index (κ1) is 15.2. The van der Waals surface area contributed by atoms with Gasteiger partial charge in [0.05, 0.1) is 6.10 Å². The van der Waals surface area contributed by atoms with Gasteiger partial charge in [0.2, 0.25) is 0 Å². The van der Waals surface area contributed by atoms with Crippen LogP contribution in [0.15, 0.2) is 24.3 Å². The molecule has 2 rings (SSSR count). The first-order valence-corrected chi connectivity index (χ1v) is 7.87. The van der Waals surface area contributed by atoms with E-state index < -0.39 is 0 Å². The van der Waals surface area contributed by atoms with Crippen LogP contribution in [0.2, 0.25) is 0 Å². The fraction of sp³-hybridized carbons (Fsp3) is 0.647. The van der Waals surface area contributed by atoms with Crippen molar-refractivity contribution >= 4 is 5.69 Å². The third-order valence-corrected chi connectivity index (χ3v) is 3.83. The summed E-state index contributed by atoms with van der Waals surface area (Å²) in [6.45, 7) is 10.8. The number of nitrogens with zero attached hydrogens (tertiary/aromatic N) is 1. The van der Waals surface area contributed by atoms with Gasteiger partial charge < -0.3 is 15.0 Å². The quantitative estimate of drug-likeness (QED) is 0.891. The third kappa shape index (κ3) is 3.89. The zero-order valence-corrected chi connectivity index (χ0v) is 13.2. The second-order valence-electron chi connectivity index (χ2n) is 6.06. The number of nitrogens with one attached hydrogen (secondary N) is 1. The van der Waals surface area contributed by atoms with Crippen molar-refractivity contribution in [2.24, 2.45) is 0 Å². The predicted molar refractivity (Wildman–Crippen MR) is 85.7 cm³/mol. The number of ether oxygens (including phenoxy) is 1. The summed E-state index contributed by atoms with van der Waals surface area (Å²) in [7, 11) is 0. The lowest BCUT2D eigenvalue weighted by Crippen LogP contribution is -2.55. The summed E-state index contributed by atoms with van der Waals surface area (Å²) >= 11 is 0. The number of benzene rings is 1. The topological polar surface area (TPSA) is 24.5 Å². The predicted octanol–water partition coefficient (Wildman–Crippen LogP) is 3.44. The molecule has 112 valence electrons. The van der Waals surface area contributed by atoms with Crippen LogP contribution in [0.25, 0.3) is 0 Å². The van der Waals surface area contributed by atoms with Crippen molar-refractivity contribution in [3.63, 3.8) is 0 Å². The summed E-state index contributed by atoms with van der Waals surface area (Å²) in [5, 5.41) is 3.64. The fourth-order valence-electron chi connectivity index (χ4n) is 2.82. The molecule has 2 atom stereocenters. The molecule has 1 aliphatic rings. The van der Waals surface area contributed by atoms with Crippen molar-refractivity contribution in [1.29, 1.82) is 0 Å². The molecule has 0 radical (unpaired) electrons. The van der Waals surface area contributed by atoms with Crippen LogP contribution in [0.4, 0.5) is 5.69 Å². The minimum atomic E-state index is 0.230. The van der Waals surface area contributed by atoms with E-state index in [0.717, 1.165) is 18.8 Å². The average molecular weight is 276 g/mol. The fourth-order valence-corrected chi connectivity index (χ4v) is 2.82.